The maximum absolute atomic E-state index is 13.8. The summed E-state index contributed by atoms with van der Waals surface area (Å²) in [6, 6.07) is 4.46. The highest BCUT2D eigenvalue weighted by Crippen LogP contribution is 2.38. The summed E-state index contributed by atoms with van der Waals surface area (Å²) >= 11 is 17.8. The number of hydrogen-bond acceptors (Lipinski definition) is 2. The highest BCUT2D eigenvalue weighted by molar-refractivity contribution is 6.45. The molecule has 18 heavy (non-hydrogen) atoms. The van der Waals surface area contributed by atoms with E-state index in [0.29, 0.717) is 10.6 Å². The number of benzene rings is 1. The number of pyridine rings is 1. The fourth-order valence-corrected chi connectivity index (χ4v) is 2.19. The van der Waals surface area contributed by atoms with Gasteiger partial charge in [-0.25, -0.2) is 9.37 Å². The Kier molecular flexibility index (Phi) is 3.95. The van der Waals surface area contributed by atoms with Crippen molar-refractivity contribution in [3.63, 3.8) is 0 Å². The zero-order chi connectivity index (χ0) is 13.3. The number of aromatic nitrogens is 1. The SMILES string of the molecule is COc1cc(-c2cc(Cl)cc(Cl)c2Cl)c(F)cn1. The maximum Gasteiger partial charge on any atom is 0.213 e. The Bertz CT molecular complexity index is 604. The van der Waals surface area contributed by atoms with E-state index in [4.69, 9.17) is 39.5 Å². The quantitative estimate of drug-likeness (QED) is 0.739. The van der Waals surface area contributed by atoms with Gasteiger partial charge in [-0.15, -0.1) is 0 Å². The molecule has 1 aromatic carbocycles. The van der Waals surface area contributed by atoms with Crippen molar-refractivity contribution in [2.45, 2.75) is 0 Å². The molecule has 2 rings (SSSR count). The molecular formula is C12H7Cl3FNO. The topological polar surface area (TPSA) is 22.1 Å². The first-order chi connectivity index (χ1) is 8.52. The standard InChI is InChI=1S/C12H7Cl3FNO/c1-18-11-4-7(10(16)5-17-11)8-2-6(13)3-9(14)12(8)15/h2-5H,1H3. The fourth-order valence-electron chi connectivity index (χ4n) is 1.49. The Morgan fingerprint density at radius 1 is 1.11 bits per heavy atom. The van der Waals surface area contributed by atoms with Gasteiger partial charge in [0.15, 0.2) is 0 Å². The second kappa shape index (κ2) is 5.31. The summed E-state index contributed by atoms with van der Waals surface area (Å²) in [5.74, 6) is -0.255. The van der Waals surface area contributed by atoms with Crippen molar-refractivity contribution in [2.24, 2.45) is 0 Å². The van der Waals surface area contributed by atoms with Gasteiger partial charge in [0.05, 0.1) is 23.4 Å². The molecule has 0 fully saturated rings. The third kappa shape index (κ3) is 2.53. The van der Waals surface area contributed by atoms with Gasteiger partial charge in [-0.05, 0) is 12.1 Å². The largest absolute Gasteiger partial charge is 0.481 e. The second-order valence-corrected chi connectivity index (χ2v) is 4.68. The van der Waals surface area contributed by atoms with E-state index in [-0.39, 0.29) is 21.5 Å². The Balaban J connectivity index is 2.68. The molecule has 2 nitrogen and oxygen atoms in total. The molecule has 0 aliphatic heterocycles. The van der Waals surface area contributed by atoms with Gasteiger partial charge >= 0.3 is 0 Å². The molecule has 0 bridgehead atoms. The third-order valence-electron chi connectivity index (χ3n) is 2.32. The average molecular weight is 307 g/mol. The van der Waals surface area contributed by atoms with Crippen LogP contribution in [0.4, 0.5) is 4.39 Å². The van der Waals surface area contributed by atoms with Crippen molar-refractivity contribution >= 4 is 34.8 Å². The molecule has 0 atom stereocenters. The van der Waals surface area contributed by atoms with Crippen LogP contribution in [0.15, 0.2) is 24.4 Å². The van der Waals surface area contributed by atoms with E-state index in [1.165, 1.54) is 25.3 Å². The number of methoxy groups -OCH3 is 1. The van der Waals surface area contributed by atoms with Crippen molar-refractivity contribution in [1.82, 2.24) is 4.98 Å². The lowest BCUT2D eigenvalue weighted by atomic mass is 10.1. The molecule has 6 heteroatoms. The molecule has 0 N–H and O–H groups in total. The Morgan fingerprint density at radius 2 is 1.83 bits per heavy atom. The average Bonchev–Trinajstić information content (AvgIpc) is 2.34. The van der Waals surface area contributed by atoms with Gasteiger partial charge in [-0.2, -0.15) is 0 Å². The van der Waals surface area contributed by atoms with Crippen molar-refractivity contribution in [3.8, 4) is 17.0 Å². The molecule has 0 unspecified atom stereocenters. The number of halogens is 4. The van der Waals surface area contributed by atoms with E-state index in [0.717, 1.165) is 6.20 Å². The lowest BCUT2D eigenvalue weighted by Crippen LogP contribution is -1.92. The van der Waals surface area contributed by atoms with Gasteiger partial charge in [0.25, 0.3) is 0 Å². The van der Waals surface area contributed by atoms with E-state index in [2.05, 4.69) is 4.98 Å². The first kappa shape index (κ1) is 13.4. The molecule has 0 aliphatic carbocycles. The van der Waals surface area contributed by atoms with E-state index < -0.39 is 5.82 Å². The molecule has 1 heterocycles. The molecule has 94 valence electrons. The summed E-state index contributed by atoms with van der Waals surface area (Å²) in [6.45, 7) is 0. The van der Waals surface area contributed by atoms with E-state index in [1.54, 1.807) is 0 Å². The van der Waals surface area contributed by atoms with Gasteiger partial charge < -0.3 is 4.74 Å². The number of nitrogens with zero attached hydrogens (tertiary/aromatic N) is 1. The third-order valence-corrected chi connectivity index (χ3v) is 3.34. The molecule has 0 radical (unpaired) electrons. The summed E-state index contributed by atoms with van der Waals surface area (Å²) in [5, 5.41) is 0.858. The van der Waals surface area contributed by atoms with E-state index >= 15 is 0 Å². The van der Waals surface area contributed by atoms with Crippen molar-refractivity contribution in [2.75, 3.05) is 7.11 Å². The summed E-state index contributed by atoms with van der Waals surface area (Å²) in [7, 11) is 1.44. The molecule has 0 spiro atoms. The number of ether oxygens (including phenoxy) is 1. The number of hydrogen-bond donors (Lipinski definition) is 0. The van der Waals surface area contributed by atoms with Crippen LogP contribution in [0, 0.1) is 5.82 Å². The molecule has 1 aromatic heterocycles. The maximum atomic E-state index is 13.8. The zero-order valence-electron chi connectivity index (χ0n) is 9.18. The van der Waals surface area contributed by atoms with E-state index in [9.17, 15) is 4.39 Å². The minimum atomic E-state index is -0.531. The fraction of sp³-hybridized carbons (Fsp3) is 0.0833. The Morgan fingerprint density at radius 3 is 2.50 bits per heavy atom. The van der Waals surface area contributed by atoms with Crippen LogP contribution < -0.4 is 4.74 Å². The van der Waals surface area contributed by atoms with Crippen LogP contribution >= 0.6 is 34.8 Å². The van der Waals surface area contributed by atoms with Crippen molar-refractivity contribution < 1.29 is 9.13 Å². The van der Waals surface area contributed by atoms with Gasteiger partial charge in [0, 0.05) is 22.2 Å². The Labute approximate surface area is 118 Å². The van der Waals surface area contributed by atoms with Crippen LogP contribution in [0.25, 0.3) is 11.1 Å². The predicted molar refractivity (Wildman–Crippen MR) is 71.2 cm³/mol. The summed E-state index contributed by atoms with van der Waals surface area (Å²) < 4.78 is 18.7. The first-order valence-electron chi connectivity index (χ1n) is 4.87. The van der Waals surface area contributed by atoms with Crippen molar-refractivity contribution in [1.29, 1.82) is 0 Å². The predicted octanol–water partition coefficient (Wildman–Crippen LogP) is 4.86. The minimum absolute atomic E-state index is 0.230. The highest BCUT2D eigenvalue weighted by atomic mass is 35.5. The lowest BCUT2D eigenvalue weighted by Gasteiger charge is -2.09. The van der Waals surface area contributed by atoms with Crippen LogP contribution in [0.2, 0.25) is 15.1 Å². The summed E-state index contributed by atoms with van der Waals surface area (Å²) in [5.41, 5.74) is 0.628. The first-order valence-corrected chi connectivity index (χ1v) is 6.00. The van der Waals surface area contributed by atoms with Crippen LogP contribution in [-0.4, -0.2) is 12.1 Å². The Hall–Kier alpha value is -1.03. The van der Waals surface area contributed by atoms with Gasteiger partial charge in [-0.3, -0.25) is 0 Å². The van der Waals surface area contributed by atoms with E-state index in [1.807, 2.05) is 0 Å². The second-order valence-electron chi connectivity index (χ2n) is 3.46. The summed E-state index contributed by atoms with van der Waals surface area (Å²) in [4.78, 5) is 3.75. The molecule has 0 saturated heterocycles. The van der Waals surface area contributed by atoms with Gasteiger partial charge in [0.2, 0.25) is 5.88 Å². The zero-order valence-corrected chi connectivity index (χ0v) is 11.4. The molecule has 2 aromatic rings. The van der Waals surface area contributed by atoms with Gasteiger partial charge in [0.1, 0.15) is 5.82 Å². The van der Waals surface area contributed by atoms with Crippen LogP contribution in [0.5, 0.6) is 5.88 Å². The molecule has 0 saturated carbocycles. The smallest absolute Gasteiger partial charge is 0.213 e. The van der Waals surface area contributed by atoms with Crippen LogP contribution in [0.1, 0.15) is 0 Å². The van der Waals surface area contributed by atoms with Crippen molar-refractivity contribution in [3.05, 3.63) is 45.3 Å². The molecule has 0 amide bonds. The molecular weight excluding hydrogens is 299 g/mol. The summed E-state index contributed by atoms with van der Waals surface area (Å²) in [6.07, 6.45) is 1.05. The van der Waals surface area contributed by atoms with Gasteiger partial charge in [-0.1, -0.05) is 34.8 Å². The number of rotatable bonds is 2. The normalized spacial score (nSPS) is 10.5. The monoisotopic (exact) mass is 305 g/mol. The van der Waals surface area contributed by atoms with Crippen LogP contribution in [0.3, 0.4) is 0 Å². The lowest BCUT2D eigenvalue weighted by molar-refractivity contribution is 0.396. The minimum Gasteiger partial charge on any atom is -0.481 e. The highest BCUT2D eigenvalue weighted by Gasteiger charge is 2.14. The van der Waals surface area contributed by atoms with Crippen LogP contribution in [-0.2, 0) is 0 Å². The molecule has 0 aliphatic rings.